The average molecular weight is 1960 g/mol. The molecule has 2 aliphatic heterocycles. The highest BCUT2D eigenvalue weighted by molar-refractivity contribution is 6.04. The van der Waals surface area contributed by atoms with Crippen LogP contribution in [0.2, 0.25) is 0 Å². The molecule has 0 spiro atoms. The first-order chi connectivity index (χ1) is 65.9. The van der Waals surface area contributed by atoms with Gasteiger partial charge in [-0.1, -0.05) is 411 Å². The molecule has 0 amide bonds. The molecule has 4 aliphatic rings. The topological polar surface area (TPSA) is 235 Å². The Labute approximate surface area is 872 Å². The van der Waals surface area contributed by atoms with Gasteiger partial charge in [-0.05, 0) is 156 Å². The molecule has 17 heteroatoms. The maximum atomic E-state index is 4.90. The largest absolute Gasteiger partial charge is 0.345 e. The normalized spacial score (nSPS) is 14.7. The van der Waals surface area contributed by atoms with Crippen molar-refractivity contribution in [2.75, 3.05) is 0 Å². The van der Waals surface area contributed by atoms with Crippen molar-refractivity contribution in [1.29, 1.82) is 0 Å². The molecule has 0 saturated carbocycles. The lowest BCUT2D eigenvalue weighted by Crippen LogP contribution is -2.19. The second-order valence-electron chi connectivity index (χ2n) is 57.6. The fraction of sp³-hybridized carbons (Fsp3) is 0.539. The molecule has 0 unspecified atom stereocenters. The molecule has 0 atom stereocenters. The van der Waals surface area contributed by atoms with Gasteiger partial charge in [-0.3, -0.25) is 15.0 Å². The van der Waals surface area contributed by atoms with Gasteiger partial charge in [0.05, 0.1) is 61.7 Å². The van der Waals surface area contributed by atoms with Crippen LogP contribution in [0.25, 0.3) is 77.5 Å². The Kier molecular flexibility index (Phi) is 32.2. The van der Waals surface area contributed by atoms with Crippen LogP contribution >= 0.6 is 0 Å². The standard InChI is InChI=1S/C19H26N2.C19H24N2.C17H25N.C16H23N.C15H22N2.3C14H21N3/c2*1-18(2,3)13-8-9-14-12(11-13)7-10-15-16(14)21-17(20-15)19(4,5)6;1-16(2,3)14-8-7-12(9-14)13-10-15(18-11-13)17(4,5)6;1-15(2,3)12-8-7-11-9-14(16(4,5)6)17-13(11)10-12;1-14(2,3)10-7-8-11-12(9-10)17-13(16-11)15(4,5)6;1-13(2,3)11-7-9-10(8-15-11)17-12(16-9)14(4,5)6;1-13(2,3)9-7-10-11(15-8-9)17-12(16-10)14(4,5)6;1-13(2,3)10-8-7-9-11(16-10)17-12(15-9)14(4,5)6/h8-9,11H,7,10H2,1-6H3,(H,20,21);7-11H,1-6H3,(H,20,21);7-8,11H,9-10H2,1-6H3;7-8,10H,9H2,1-6H3;7-9H,1-6H3,(H,16,17);7-8H,1-6H3,(H,16,17);2*7-8H,1-6H3,(H,15,16,17). The van der Waals surface area contributed by atoms with E-state index in [9.17, 15) is 0 Å². The van der Waals surface area contributed by atoms with Crippen molar-refractivity contribution in [3.63, 3.8) is 0 Å². The number of aromatic amines is 6. The number of allylic oxidation sites excluding steroid dienone is 5. The van der Waals surface area contributed by atoms with Gasteiger partial charge in [-0.15, -0.1) is 0 Å². The summed E-state index contributed by atoms with van der Waals surface area (Å²) in [6.07, 6.45) is 15.8. The molecule has 17 nitrogen and oxygen atoms in total. The third kappa shape index (κ3) is 29.1. The Balaban J connectivity index is 0.000000158. The number of aryl methyl sites for hydroxylation is 2. The number of pyridine rings is 3. The van der Waals surface area contributed by atoms with Gasteiger partial charge in [0.1, 0.15) is 34.9 Å². The summed E-state index contributed by atoms with van der Waals surface area (Å²) in [6, 6.07) is 39.6. The van der Waals surface area contributed by atoms with Crippen LogP contribution in [0.3, 0.4) is 0 Å². The second-order valence-corrected chi connectivity index (χ2v) is 57.6. The van der Waals surface area contributed by atoms with Crippen LogP contribution in [0.5, 0.6) is 0 Å². The van der Waals surface area contributed by atoms with E-state index < -0.39 is 0 Å². The predicted octanol–water partition coefficient (Wildman–Crippen LogP) is 34.6. The predicted molar refractivity (Wildman–Crippen MR) is 622 cm³/mol. The summed E-state index contributed by atoms with van der Waals surface area (Å²) in [5.41, 5.74) is 35.7. The van der Waals surface area contributed by atoms with Crippen molar-refractivity contribution in [2.24, 2.45) is 26.2 Å². The monoisotopic (exact) mass is 1960 g/mol. The summed E-state index contributed by atoms with van der Waals surface area (Å²) in [7, 11) is 0. The fourth-order valence-corrected chi connectivity index (χ4v) is 16.8. The van der Waals surface area contributed by atoms with Crippen LogP contribution in [0.4, 0.5) is 5.69 Å². The number of H-pyrrole nitrogens is 6. The third-order valence-electron chi connectivity index (χ3n) is 27.3. The highest BCUT2D eigenvalue weighted by atomic mass is 15.0. The van der Waals surface area contributed by atoms with E-state index in [1.54, 1.807) is 0 Å². The Morgan fingerprint density at radius 3 is 1.26 bits per heavy atom. The highest BCUT2D eigenvalue weighted by Crippen LogP contribution is 2.44. The minimum absolute atomic E-state index is 0.0304. The number of aliphatic imine (C=N–C) groups is 2. The molecule has 0 bridgehead atoms. The number of hydrogen-bond acceptors (Lipinski definition) is 11. The lowest BCUT2D eigenvalue weighted by atomic mass is 9.82. The first-order valence-electron chi connectivity index (χ1n) is 53.1. The third-order valence-corrected chi connectivity index (χ3v) is 27.3. The summed E-state index contributed by atoms with van der Waals surface area (Å²) < 4.78 is 0. The second kappa shape index (κ2) is 40.9. The lowest BCUT2D eigenvalue weighted by Gasteiger charge is -2.23. The molecule has 11 heterocycles. The molecular weight excluding hydrogens is 1780 g/mol. The molecule has 9 aromatic heterocycles. The van der Waals surface area contributed by atoms with Gasteiger partial charge in [0, 0.05) is 119 Å². The summed E-state index contributed by atoms with van der Waals surface area (Å²) in [6.45, 7) is 106. The summed E-state index contributed by atoms with van der Waals surface area (Å²) >= 11 is 0. The van der Waals surface area contributed by atoms with Crippen LogP contribution in [0.1, 0.15) is 436 Å². The van der Waals surface area contributed by atoms with Crippen molar-refractivity contribution in [2.45, 2.75) is 435 Å². The van der Waals surface area contributed by atoms with E-state index in [0.717, 1.165) is 134 Å². The van der Waals surface area contributed by atoms with E-state index in [0.29, 0.717) is 0 Å². The molecular formula is C128H183N17. The molecule has 5 aromatic carbocycles. The molecule has 0 fully saturated rings. The van der Waals surface area contributed by atoms with Gasteiger partial charge in [-0.2, -0.15) is 0 Å². The smallest absolute Gasteiger partial charge is 0.177 e. The van der Waals surface area contributed by atoms with Gasteiger partial charge in [0.15, 0.2) is 11.3 Å². The van der Waals surface area contributed by atoms with Gasteiger partial charge in [-0.25, -0.2) is 39.9 Å². The van der Waals surface area contributed by atoms with Crippen LogP contribution in [0, 0.1) is 16.2 Å². The number of hydrogen-bond donors (Lipinski definition) is 6. The number of nitrogens with zero attached hydrogens (tertiary/aromatic N) is 11. The van der Waals surface area contributed by atoms with Crippen molar-refractivity contribution in [1.82, 2.24) is 74.8 Å². The van der Waals surface area contributed by atoms with Crippen molar-refractivity contribution >= 4 is 83.3 Å². The molecule has 14 aromatic rings. The number of fused-ring (bicyclic) bond motifs is 11. The van der Waals surface area contributed by atoms with Crippen molar-refractivity contribution in [3.05, 3.63) is 248 Å². The van der Waals surface area contributed by atoms with E-state index >= 15 is 0 Å². The van der Waals surface area contributed by atoms with Crippen LogP contribution in [-0.2, 0) is 89.7 Å². The lowest BCUT2D eigenvalue weighted by molar-refractivity contribution is 0.494. The van der Waals surface area contributed by atoms with E-state index in [4.69, 9.17) is 15.0 Å². The number of aromatic nitrogens is 15. The maximum Gasteiger partial charge on any atom is 0.177 e. The fourth-order valence-electron chi connectivity index (χ4n) is 16.8. The summed E-state index contributed by atoms with van der Waals surface area (Å²) in [5.74, 6) is 6.20. The number of rotatable bonds is 1. The van der Waals surface area contributed by atoms with Gasteiger partial charge >= 0.3 is 0 Å². The maximum absolute atomic E-state index is 4.90. The number of imidazole rings is 6. The highest BCUT2D eigenvalue weighted by Gasteiger charge is 2.34. The number of nitrogens with one attached hydrogen (secondary N) is 6. The minimum atomic E-state index is 0.0304. The van der Waals surface area contributed by atoms with Gasteiger partial charge in [0.25, 0.3) is 0 Å². The quantitative estimate of drug-likeness (QED) is 0.0915. The molecule has 2 aliphatic carbocycles. The zero-order valence-corrected chi connectivity index (χ0v) is 98.7. The van der Waals surface area contributed by atoms with E-state index in [2.05, 4.69) is 530 Å². The first-order valence-corrected chi connectivity index (χ1v) is 53.1. The van der Waals surface area contributed by atoms with Gasteiger partial charge in [0.2, 0.25) is 0 Å². The Morgan fingerprint density at radius 2 is 0.724 bits per heavy atom. The van der Waals surface area contributed by atoms with E-state index in [-0.39, 0.29) is 86.6 Å². The zero-order valence-electron chi connectivity index (χ0n) is 98.7. The molecule has 780 valence electrons. The minimum Gasteiger partial charge on any atom is -0.345 e. The average Bonchev–Trinajstić information content (AvgIpc) is 1.62. The number of benzene rings is 5. The van der Waals surface area contributed by atoms with Crippen molar-refractivity contribution in [3.8, 4) is 11.3 Å². The zero-order chi connectivity index (χ0) is 109. The Hall–Kier alpha value is -11.1. The molecule has 0 radical (unpaired) electrons. The summed E-state index contributed by atoms with van der Waals surface area (Å²) in [4.78, 5) is 71.7. The molecule has 18 rings (SSSR count). The first kappa shape index (κ1) is 114. The SMILES string of the molecule is CC(C)(C)C1=CC=C(C2=CN=C(C(C)(C)C)C2)C1.CC(C)(C)C1=Nc2cc(C(C)(C)C)ccc2C1.CC(C)(C)c1cc2nc(C(C)(C)C)[nH]c2cn1.CC(C)(C)c1ccc2[nH]c(C(C)(C)C)nc2n1.CC(C)(C)c1ccc2c(c1)CCc1[nH]c(C(C)(C)C)nc1-2.CC(C)(C)c1ccc2c(ccc3[nH]c(C(C)(C)C)nc32)c1.CC(C)(C)c1ccc2nc(C(C)(C)C)[nH]c2c1.CC(C)(C)c1cnc2nc(C(C)(C)C)[nH]c2c1. The van der Waals surface area contributed by atoms with Crippen LogP contribution in [0.15, 0.2) is 167 Å². The Bertz CT molecular complexity index is 6630. The van der Waals surface area contributed by atoms with Crippen LogP contribution in [-0.4, -0.2) is 86.2 Å². The summed E-state index contributed by atoms with van der Waals surface area (Å²) in [5, 5.41) is 2.49. The molecule has 145 heavy (non-hydrogen) atoms. The molecule has 6 N–H and O–H groups in total. The van der Waals surface area contributed by atoms with Gasteiger partial charge < -0.3 is 29.9 Å². The van der Waals surface area contributed by atoms with Crippen molar-refractivity contribution < 1.29 is 0 Å². The van der Waals surface area contributed by atoms with Crippen LogP contribution < -0.4 is 0 Å². The van der Waals surface area contributed by atoms with E-state index in [1.165, 1.54) is 100 Å². The van der Waals surface area contributed by atoms with E-state index in [1.807, 2.05) is 12.4 Å². The molecule has 0 saturated heterocycles. The Morgan fingerprint density at radius 1 is 0.262 bits per heavy atom.